The second-order valence-electron chi connectivity index (χ2n) is 5.34. The second-order valence-corrected chi connectivity index (χ2v) is 7.60. The highest BCUT2D eigenvalue weighted by molar-refractivity contribution is 7.89. The van der Waals surface area contributed by atoms with Crippen LogP contribution < -0.4 is 5.32 Å². The predicted octanol–water partition coefficient (Wildman–Crippen LogP) is 0.841. The van der Waals surface area contributed by atoms with Gasteiger partial charge in [0.25, 0.3) is 0 Å². The Morgan fingerprint density at radius 3 is 2.74 bits per heavy atom. The van der Waals surface area contributed by atoms with Crippen LogP contribution in [-0.4, -0.2) is 44.5 Å². The number of fused-ring (bicyclic) bond motifs is 1. The van der Waals surface area contributed by atoms with Gasteiger partial charge in [0.15, 0.2) is 0 Å². The molecule has 1 N–H and O–H groups in total. The molecule has 1 aliphatic heterocycles. The lowest BCUT2D eigenvalue weighted by molar-refractivity contribution is 0.409. The van der Waals surface area contributed by atoms with Gasteiger partial charge in [-0.25, -0.2) is 23.4 Å². The van der Waals surface area contributed by atoms with Crippen molar-refractivity contribution in [2.24, 2.45) is 0 Å². The first-order valence-corrected chi connectivity index (χ1v) is 9.22. The number of nitrogens with zero attached hydrogens (tertiary/aromatic N) is 5. The summed E-state index contributed by atoms with van der Waals surface area (Å²) >= 11 is 0. The molecular weight excluding hydrogens is 316 g/mol. The lowest BCUT2D eigenvalue weighted by Gasteiger charge is -2.19. The molecule has 0 radical (unpaired) electrons. The van der Waals surface area contributed by atoms with Gasteiger partial charge in [0.1, 0.15) is 0 Å². The van der Waals surface area contributed by atoms with Gasteiger partial charge in [0.2, 0.25) is 16.0 Å². The molecule has 0 fully saturated rings. The molecule has 23 heavy (non-hydrogen) atoms. The van der Waals surface area contributed by atoms with Gasteiger partial charge in [-0.05, 0) is 19.4 Å². The van der Waals surface area contributed by atoms with Crippen molar-refractivity contribution < 1.29 is 8.42 Å². The zero-order chi connectivity index (χ0) is 16.3. The molecule has 2 aromatic heterocycles. The van der Waals surface area contributed by atoms with Crippen molar-refractivity contribution >= 4 is 16.0 Å². The maximum atomic E-state index is 12.2. The Balaban J connectivity index is 1.79. The van der Waals surface area contributed by atoms with E-state index in [1.54, 1.807) is 36.0 Å². The first-order chi connectivity index (χ1) is 11.1. The van der Waals surface area contributed by atoms with Crippen LogP contribution in [0, 0.1) is 0 Å². The Kier molecular flexibility index (Phi) is 4.58. The van der Waals surface area contributed by atoms with Crippen LogP contribution >= 0.6 is 0 Å². The molecule has 3 heterocycles. The smallest absolute Gasteiger partial charge is 0.222 e. The molecule has 0 saturated carbocycles. The van der Waals surface area contributed by atoms with E-state index >= 15 is 0 Å². The summed E-state index contributed by atoms with van der Waals surface area (Å²) < 4.78 is 28.0. The van der Waals surface area contributed by atoms with Crippen LogP contribution in [0.5, 0.6) is 0 Å². The number of rotatable bonds is 5. The number of hydrogen-bond acceptors (Lipinski definition) is 6. The molecule has 2 aromatic rings. The number of anilines is 1. The Morgan fingerprint density at radius 1 is 1.22 bits per heavy atom. The van der Waals surface area contributed by atoms with Crippen LogP contribution in [0.25, 0.3) is 0 Å². The highest BCUT2D eigenvalue weighted by Crippen LogP contribution is 2.19. The van der Waals surface area contributed by atoms with Crippen molar-refractivity contribution in [3.8, 4) is 0 Å². The normalized spacial score (nSPS) is 15.9. The van der Waals surface area contributed by atoms with Crippen molar-refractivity contribution in [2.75, 3.05) is 17.6 Å². The average molecular weight is 336 g/mol. The maximum Gasteiger partial charge on any atom is 0.222 e. The third-order valence-corrected chi connectivity index (χ3v) is 5.73. The van der Waals surface area contributed by atoms with Crippen molar-refractivity contribution in [3.05, 3.63) is 36.2 Å². The summed E-state index contributed by atoms with van der Waals surface area (Å²) in [7, 11) is -3.20. The Bertz CT molecular complexity index is 759. The van der Waals surface area contributed by atoms with Crippen LogP contribution in [0.15, 0.2) is 24.8 Å². The molecule has 0 bridgehead atoms. The first-order valence-electron chi connectivity index (χ1n) is 7.61. The average Bonchev–Trinajstić information content (AvgIpc) is 2.81. The van der Waals surface area contributed by atoms with Gasteiger partial charge in [-0.15, -0.1) is 0 Å². The number of hydrogen-bond donors (Lipinski definition) is 1. The monoisotopic (exact) mass is 336 g/mol. The standard InChI is InChI=1S/C14H20N6O2S/c1-2-23(21,22)20-8-4-7-19-11-18-12(13(19)10-20)9-17-14-15-5-3-6-16-14/h3,5-6,11H,2,4,7-10H2,1H3,(H,15,16,17). The maximum absolute atomic E-state index is 12.2. The highest BCUT2D eigenvalue weighted by Gasteiger charge is 2.25. The third kappa shape index (κ3) is 3.50. The van der Waals surface area contributed by atoms with Gasteiger partial charge in [0, 0.05) is 25.5 Å². The van der Waals surface area contributed by atoms with E-state index in [1.165, 1.54) is 0 Å². The minimum atomic E-state index is -3.20. The zero-order valence-corrected chi connectivity index (χ0v) is 13.8. The number of nitrogens with one attached hydrogen (secondary N) is 1. The van der Waals surface area contributed by atoms with E-state index < -0.39 is 10.0 Å². The highest BCUT2D eigenvalue weighted by atomic mass is 32.2. The number of sulfonamides is 1. The topological polar surface area (TPSA) is 93.0 Å². The summed E-state index contributed by atoms with van der Waals surface area (Å²) in [4.78, 5) is 12.6. The summed E-state index contributed by atoms with van der Waals surface area (Å²) in [6, 6.07) is 1.75. The molecule has 9 heteroatoms. The fraction of sp³-hybridized carbons (Fsp3) is 0.500. The summed E-state index contributed by atoms with van der Waals surface area (Å²) in [6.07, 6.45) is 5.90. The second kappa shape index (κ2) is 6.63. The quantitative estimate of drug-likeness (QED) is 0.870. The summed E-state index contributed by atoms with van der Waals surface area (Å²) in [5.74, 6) is 0.646. The van der Waals surface area contributed by atoms with Crippen molar-refractivity contribution in [1.82, 2.24) is 23.8 Å². The summed E-state index contributed by atoms with van der Waals surface area (Å²) in [5.41, 5.74) is 1.76. The largest absolute Gasteiger partial charge is 0.348 e. The van der Waals surface area contributed by atoms with Gasteiger partial charge >= 0.3 is 0 Å². The summed E-state index contributed by atoms with van der Waals surface area (Å²) in [6.45, 7) is 3.83. The van der Waals surface area contributed by atoms with Crippen molar-refractivity contribution in [2.45, 2.75) is 33.0 Å². The fourth-order valence-corrected chi connectivity index (χ4v) is 3.70. The van der Waals surface area contributed by atoms with Crippen molar-refractivity contribution in [1.29, 1.82) is 0 Å². The molecular formula is C14H20N6O2S. The van der Waals surface area contributed by atoms with Crippen LogP contribution in [-0.2, 0) is 29.7 Å². The van der Waals surface area contributed by atoms with E-state index in [0.29, 0.717) is 25.6 Å². The predicted molar refractivity (Wildman–Crippen MR) is 86.1 cm³/mol. The van der Waals surface area contributed by atoms with E-state index in [-0.39, 0.29) is 5.75 Å². The van der Waals surface area contributed by atoms with Gasteiger partial charge in [-0.3, -0.25) is 0 Å². The fourth-order valence-electron chi connectivity index (χ4n) is 2.61. The number of aromatic nitrogens is 4. The third-order valence-electron chi connectivity index (χ3n) is 3.90. The van der Waals surface area contributed by atoms with Gasteiger partial charge in [-0.2, -0.15) is 4.31 Å². The van der Waals surface area contributed by atoms with Gasteiger partial charge in [0.05, 0.1) is 36.6 Å². The van der Waals surface area contributed by atoms with E-state index in [2.05, 4.69) is 20.3 Å². The van der Waals surface area contributed by atoms with Crippen LogP contribution in [0.4, 0.5) is 5.95 Å². The Hall–Kier alpha value is -2.00. The molecule has 0 spiro atoms. The molecule has 1 aliphatic rings. The molecule has 0 aromatic carbocycles. The molecule has 8 nitrogen and oxygen atoms in total. The molecule has 0 atom stereocenters. The lowest BCUT2D eigenvalue weighted by Crippen LogP contribution is -2.32. The number of aryl methyl sites for hydroxylation is 1. The summed E-state index contributed by atoms with van der Waals surface area (Å²) in [5, 5.41) is 3.12. The number of imidazole rings is 1. The molecule has 0 amide bonds. The molecule has 0 aliphatic carbocycles. The van der Waals surface area contributed by atoms with E-state index in [1.807, 2.05) is 4.57 Å². The zero-order valence-electron chi connectivity index (χ0n) is 13.0. The molecule has 3 rings (SSSR count). The minimum absolute atomic E-state index is 0.118. The molecule has 124 valence electrons. The van der Waals surface area contributed by atoms with Crippen LogP contribution in [0.2, 0.25) is 0 Å². The molecule has 0 saturated heterocycles. The Labute approximate surface area is 135 Å². The molecule has 0 unspecified atom stereocenters. The van der Waals surface area contributed by atoms with Crippen LogP contribution in [0.3, 0.4) is 0 Å². The van der Waals surface area contributed by atoms with Gasteiger partial charge < -0.3 is 9.88 Å². The Morgan fingerprint density at radius 2 is 2.00 bits per heavy atom. The first kappa shape index (κ1) is 15.9. The van der Waals surface area contributed by atoms with E-state index in [0.717, 1.165) is 24.4 Å². The van der Waals surface area contributed by atoms with E-state index in [4.69, 9.17) is 0 Å². The van der Waals surface area contributed by atoms with Crippen LogP contribution in [0.1, 0.15) is 24.7 Å². The lowest BCUT2D eigenvalue weighted by atomic mass is 10.3. The SMILES string of the molecule is CCS(=O)(=O)N1CCCn2cnc(CNc3ncccn3)c2C1. The van der Waals surface area contributed by atoms with Crippen molar-refractivity contribution in [3.63, 3.8) is 0 Å². The van der Waals surface area contributed by atoms with E-state index in [9.17, 15) is 8.42 Å². The van der Waals surface area contributed by atoms with Gasteiger partial charge in [-0.1, -0.05) is 0 Å². The minimum Gasteiger partial charge on any atom is -0.348 e.